The van der Waals surface area contributed by atoms with Gasteiger partial charge in [-0.15, -0.1) is 0 Å². The first-order valence-electron chi connectivity index (χ1n) is 6.88. The zero-order valence-electron chi connectivity index (χ0n) is 11.6. The van der Waals surface area contributed by atoms with Crippen molar-refractivity contribution in [3.05, 3.63) is 48.3 Å². The number of amides is 1. The predicted octanol–water partition coefficient (Wildman–Crippen LogP) is 1.82. The molecule has 6 nitrogen and oxygen atoms in total. The summed E-state index contributed by atoms with van der Waals surface area (Å²) >= 11 is 0. The summed E-state index contributed by atoms with van der Waals surface area (Å²) in [6.45, 7) is 0.0380. The van der Waals surface area contributed by atoms with E-state index >= 15 is 0 Å². The van der Waals surface area contributed by atoms with Gasteiger partial charge in [-0.05, 0) is 29.8 Å². The van der Waals surface area contributed by atoms with Gasteiger partial charge in [-0.1, -0.05) is 6.07 Å². The highest BCUT2D eigenvalue weighted by atomic mass is 16.5. The van der Waals surface area contributed by atoms with E-state index in [9.17, 15) is 9.90 Å². The monoisotopic (exact) mass is 295 g/mol. The molecular weight excluding hydrogens is 282 g/mol. The fraction of sp³-hybridized carbons (Fsp3) is 0.125. The van der Waals surface area contributed by atoms with Gasteiger partial charge in [0.15, 0.2) is 6.61 Å². The molecule has 0 saturated heterocycles. The Labute approximate surface area is 126 Å². The zero-order valence-corrected chi connectivity index (χ0v) is 11.6. The van der Waals surface area contributed by atoms with E-state index in [0.717, 1.165) is 22.5 Å². The minimum Gasteiger partial charge on any atom is -0.482 e. The topological polar surface area (TPSA) is 75.9 Å². The molecule has 0 bridgehead atoms. The van der Waals surface area contributed by atoms with E-state index in [0.29, 0.717) is 11.4 Å². The van der Waals surface area contributed by atoms with E-state index in [-0.39, 0.29) is 19.1 Å². The minimum atomic E-state index is -0.160. The van der Waals surface area contributed by atoms with Crippen molar-refractivity contribution in [1.82, 2.24) is 9.38 Å². The molecule has 0 radical (unpaired) electrons. The van der Waals surface area contributed by atoms with Crippen molar-refractivity contribution in [2.45, 2.75) is 6.61 Å². The molecule has 1 aromatic carbocycles. The van der Waals surface area contributed by atoms with Crippen LogP contribution in [0.25, 0.3) is 16.9 Å². The van der Waals surface area contributed by atoms with Crippen molar-refractivity contribution in [3.8, 4) is 17.0 Å². The molecule has 0 saturated carbocycles. The van der Waals surface area contributed by atoms with Crippen LogP contribution >= 0.6 is 0 Å². The van der Waals surface area contributed by atoms with E-state index < -0.39 is 0 Å². The number of hydrogen-bond donors (Lipinski definition) is 2. The first-order chi connectivity index (χ1) is 10.7. The Kier molecular flexibility index (Phi) is 2.83. The number of ether oxygens (including phenoxy) is 1. The summed E-state index contributed by atoms with van der Waals surface area (Å²) < 4.78 is 7.22. The van der Waals surface area contributed by atoms with Crippen LogP contribution in [0, 0.1) is 0 Å². The van der Waals surface area contributed by atoms with Crippen LogP contribution in [-0.2, 0) is 11.4 Å². The van der Waals surface area contributed by atoms with E-state index in [1.807, 2.05) is 47.1 Å². The van der Waals surface area contributed by atoms with Gasteiger partial charge in [-0.25, -0.2) is 4.98 Å². The number of rotatable bonds is 2. The summed E-state index contributed by atoms with van der Waals surface area (Å²) in [4.78, 5) is 16.0. The highest BCUT2D eigenvalue weighted by Crippen LogP contribution is 2.32. The summed E-state index contributed by atoms with van der Waals surface area (Å²) in [5.41, 5.74) is 3.95. The van der Waals surface area contributed by atoms with Gasteiger partial charge in [-0.3, -0.25) is 4.79 Å². The van der Waals surface area contributed by atoms with E-state index in [1.54, 1.807) is 0 Å². The largest absolute Gasteiger partial charge is 0.482 e. The summed E-state index contributed by atoms with van der Waals surface area (Å²) in [5, 5.41) is 12.0. The number of carbonyl (C=O) groups excluding carboxylic acids is 1. The number of carbonyl (C=O) groups is 1. The third kappa shape index (κ3) is 2.10. The zero-order chi connectivity index (χ0) is 15.1. The number of aliphatic hydroxyl groups is 1. The number of benzene rings is 1. The van der Waals surface area contributed by atoms with E-state index in [2.05, 4.69) is 10.3 Å². The fourth-order valence-electron chi connectivity index (χ4n) is 2.51. The Morgan fingerprint density at radius 2 is 2.18 bits per heavy atom. The SMILES string of the molecule is O=C1COc2ccc(-c3cn4cc(CO)ccc4n3)cc2N1. The summed E-state index contributed by atoms with van der Waals surface area (Å²) in [6, 6.07) is 9.28. The molecule has 0 unspecified atom stereocenters. The Bertz CT molecular complexity index is 885. The van der Waals surface area contributed by atoms with Crippen LogP contribution in [0.5, 0.6) is 5.75 Å². The molecule has 4 rings (SSSR count). The van der Waals surface area contributed by atoms with Crippen molar-refractivity contribution in [3.63, 3.8) is 0 Å². The number of imidazole rings is 1. The number of nitrogens with one attached hydrogen (secondary N) is 1. The molecule has 2 aromatic heterocycles. The van der Waals surface area contributed by atoms with Crippen molar-refractivity contribution in [2.75, 3.05) is 11.9 Å². The van der Waals surface area contributed by atoms with Crippen LogP contribution in [0.1, 0.15) is 5.56 Å². The maximum atomic E-state index is 11.4. The average molecular weight is 295 g/mol. The number of hydrogen-bond acceptors (Lipinski definition) is 4. The number of pyridine rings is 1. The molecule has 22 heavy (non-hydrogen) atoms. The highest BCUT2D eigenvalue weighted by Gasteiger charge is 2.17. The maximum Gasteiger partial charge on any atom is 0.262 e. The van der Waals surface area contributed by atoms with Crippen LogP contribution in [0.4, 0.5) is 5.69 Å². The first kappa shape index (κ1) is 12.8. The second-order valence-corrected chi connectivity index (χ2v) is 5.13. The molecule has 3 aromatic rings. The van der Waals surface area contributed by atoms with Gasteiger partial charge in [-0.2, -0.15) is 0 Å². The molecule has 0 fully saturated rings. The van der Waals surface area contributed by atoms with Crippen LogP contribution in [0.15, 0.2) is 42.7 Å². The second kappa shape index (κ2) is 4.85. The average Bonchev–Trinajstić information content (AvgIpc) is 2.97. The standard InChI is InChI=1S/C16H13N3O3/c20-8-10-1-4-15-17-13(7-19(15)6-10)11-2-3-14-12(5-11)18-16(21)9-22-14/h1-7,20H,8-9H2,(H,18,21). The Morgan fingerprint density at radius 1 is 1.27 bits per heavy atom. The summed E-state index contributed by atoms with van der Waals surface area (Å²) in [6.07, 6.45) is 3.73. The van der Waals surface area contributed by atoms with Gasteiger partial charge in [0.1, 0.15) is 11.4 Å². The molecule has 0 spiro atoms. The van der Waals surface area contributed by atoms with Crippen molar-refractivity contribution in [1.29, 1.82) is 0 Å². The third-order valence-electron chi connectivity index (χ3n) is 3.60. The highest BCUT2D eigenvalue weighted by molar-refractivity contribution is 5.96. The molecule has 0 atom stereocenters. The normalized spacial score (nSPS) is 13.6. The maximum absolute atomic E-state index is 11.4. The van der Waals surface area contributed by atoms with Gasteiger partial charge >= 0.3 is 0 Å². The van der Waals surface area contributed by atoms with Gasteiger partial charge in [0.25, 0.3) is 5.91 Å². The Hall–Kier alpha value is -2.86. The van der Waals surface area contributed by atoms with Crippen LogP contribution in [0.2, 0.25) is 0 Å². The van der Waals surface area contributed by atoms with Crippen molar-refractivity contribution < 1.29 is 14.6 Å². The summed E-state index contributed by atoms with van der Waals surface area (Å²) in [5.74, 6) is 0.502. The lowest BCUT2D eigenvalue weighted by Gasteiger charge is -2.18. The first-order valence-corrected chi connectivity index (χ1v) is 6.88. The van der Waals surface area contributed by atoms with Crippen LogP contribution in [-0.4, -0.2) is 27.0 Å². The molecule has 1 amide bonds. The quantitative estimate of drug-likeness (QED) is 0.756. The number of fused-ring (bicyclic) bond motifs is 2. The van der Waals surface area contributed by atoms with E-state index in [4.69, 9.17) is 4.74 Å². The number of anilines is 1. The van der Waals surface area contributed by atoms with Gasteiger partial charge in [0.05, 0.1) is 18.0 Å². The van der Waals surface area contributed by atoms with Crippen LogP contribution in [0.3, 0.4) is 0 Å². The lowest BCUT2D eigenvalue weighted by molar-refractivity contribution is -0.118. The summed E-state index contributed by atoms with van der Waals surface area (Å²) in [7, 11) is 0. The lowest BCUT2D eigenvalue weighted by atomic mass is 10.1. The molecule has 3 heterocycles. The number of aliphatic hydroxyl groups excluding tert-OH is 1. The third-order valence-corrected chi connectivity index (χ3v) is 3.60. The van der Waals surface area contributed by atoms with Crippen molar-refractivity contribution in [2.24, 2.45) is 0 Å². The second-order valence-electron chi connectivity index (χ2n) is 5.13. The van der Waals surface area contributed by atoms with Gasteiger partial charge in [0.2, 0.25) is 0 Å². The molecule has 2 N–H and O–H groups in total. The molecular formula is C16H13N3O3. The molecule has 6 heteroatoms. The fourth-order valence-corrected chi connectivity index (χ4v) is 2.51. The van der Waals surface area contributed by atoms with Gasteiger partial charge < -0.3 is 19.6 Å². The molecule has 0 aliphatic carbocycles. The molecule has 1 aliphatic heterocycles. The predicted molar refractivity (Wildman–Crippen MR) is 80.7 cm³/mol. The van der Waals surface area contributed by atoms with E-state index in [1.165, 1.54) is 0 Å². The lowest BCUT2D eigenvalue weighted by Crippen LogP contribution is -2.25. The number of aromatic nitrogens is 2. The Morgan fingerprint density at radius 3 is 3.05 bits per heavy atom. The molecule has 1 aliphatic rings. The Balaban J connectivity index is 1.78. The smallest absolute Gasteiger partial charge is 0.262 e. The molecule has 110 valence electrons. The van der Waals surface area contributed by atoms with Crippen LogP contribution < -0.4 is 10.1 Å². The minimum absolute atomic E-state index is 0.00827. The number of nitrogens with zero attached hydrogens (tertiary/aromatic N) is 2. The van der Waals surface area contributed by atoms with Gasteiger partial charge in [0, 0.05) is 18.0 Å². The van der Waals surface area contributed by atoms with Crippen molar-refractivity contribution >= 4 is 17.2 Å².